The van der Waals surface area contributed by atoms with E-state index in [4.69, 9.17) is 18.9 Å². The molecule has 6 unspecified atom stereocenters. The molecule has 2 aromatic carbocycles. The molecule has 0 amide bonds. The maximum Gasteiger partial charge on any atom is 0.228 e. The van der Waals surface area contributed by atoms with Gasteiger partial charge in [0, 0.05) is 17.7 Å². The summed E-state index contributed by atoms with van der Waals surface area (Å²) in [6, 6.07) is 4.83. The molecule has 0 aliphatic carbocycles. The van der Waals surface area contributed by atoms with Gasteiger partial charge in [0.2, 0.25) is 6.29 Å². The molecule has 8 N–H and O–H groups in total. The molecule has 0 bridgehead atoms. The van der Waals surface area contributed by atoms with Crippen LogP contribution in [-0.2, 0) is 9.47 Å². The lowest BCUT2D eigenvalue weighted by Gasteiger charge is -2.41. The first-order valence-electron chi connectivity index (χ1n) is 10.2. The van der Waals surface area contributed by atoms with Crippen molar-refractivity contribution in [3.8, 4) is 34.5 Å². The van der Waals surface area contributed by atoms with Gasteiger partial charge in [0.1, 0.15) is 47.4 Å². The molecule has 12 nitrogen and oxygen atoms in total. The van der Waals surface area contributed by atoms with Gasteiger partial charge in [-0.25, -0.2) is 0 Å². The van der Waals surface area contributed by atoms with Crippen molar-refractivity contribution in [3.05, 3.63) is 41.2 Å². The summed E-state index contributed by atoms with van der Waals surface area (Å²) in [4.78, 5) is 0. The fraction of sp³-hybridized carbons (Fsp3) is 0.364. The molecular formula is C22H24O12. The van der Waals surface area contributed by atoms with Gasteiger partial charge in [0.25, 0.3) is 0 Å². The second-order valence-electron chi connectivity index (χ2n) is 7.83. The van der Waals surface area contributed by atoms with Crippen LogP contribution < -0.4 is 9.47 Å². The topological polar surface area (TPSA) is 199 Å². The van der Waals surface area contributed by atoms with Gasteiger partial charge in [-0.15, -0.1) is 0 Å². The molecule has 2 heterocycles. The van der Waals surface area contributed by atoms with Crippen LogP contribution in [0.15, 0.2) is 30.0 Å². The van der Waals surface area contributed by atoms with E-state index in [9.17, 15) is 40.9 Å². The Kier molecular flexibility index (Phi) is 6.34. The minimum absolute atomic E-state index is 0.0506. The zero-order valence-corrected chi connectivity index (χ0v) is 17.8. The Morgan fingerprint density at radius 1 is 0.912 bits per heavy atom. The van der Waals surface area contributed by atoms with Crippen LogP contribution in [0.2, 0.25) is 0 Å². The lowest BCUT2D eigenvalue weighted by atomic mass is 9.98. The molecule has 184 valence electrons. The van der Waals surface area contributed by atoms with Crippen LogP contribution in [0.4, 0.5) is 0 Å². The summed E-state index contributed by atoms with van der Waals surface area (Å²) < 4.78 is 22.4. The number of rotatable bonds is 5. The first kappa shape index (κ1) is 23.7. The first-order valence-corrected chi connectivity index (χ1v) is 10.2. The van der Waals surface area contributed by atoms with Crippen LogP contribution in [-0.4, -0.2) is 85.3 Å². The van der Waals surface area contributed by atoms with Crippen LogP contribution in [0.25, 0.3) is 6.08 Å². The van der Waals surface area contributed by atoms with Gasteiger partial charge in [0.05, 0.1) is 19.3 Å². The highest BCUT2D eigenvalue weighted by Gasteiger charge is 2.46. The van der Waals surface area contributed by atoms with Crippen molar-refractivity contribution in [3.63, 3.8) is 0 Å². The van der Waals surface area contributed by atoms with Gasteiger partial charge in [-0.05, 0) is 18.2 Å². The van der Waals surface area contributed by atoms with Gasteiger partial charge in [-0.2, -0.15) is 0 Å². The van der Waals surface area contributed by atoms with E-state index in [2.05, 4.69) is 0 Å². The Bertz CT molecular complexity index is 1070. The zero-order chi connectivity index (χ0) is 24.7. The third-order valence-corrected chi connectivity index (χ3v) is 5.59. The Hall–Kier alpha value is -3.42. The average molecular weight is 480 g/mol. The summed E-state index contributed by atoms with van der Waals surface area (Å²) in [5.74, 6) is -1.91. The Balaban J connectivity index is 1.78. The third kappa shape index (κ3) is 4.13. The summed E-state index contributed by atoms with van der Waals surface area (Å²) >= 11 is 0. The van der Waals surface area contributed by atoms with Gasteiger partial charge < -0.3 is 59.8 Å². The van der Waals surface area contributed by atoms with Crippen molar-refractivity contribution in [2.24, 2.45) is 0 Å². The molecule has 0 radical (unpaired) electrons. The second kappa shape index (κ2) is 9.08. The third-order valence-electron chi connectivity index (χ3n) is 5.59. The number of aliphatic hydroxyl groups is 4. The maximum absolute atomic E-state index is 10.4. The number of fused-ring (bicyclic) bond motifs is 1. The smallest absolute Gasteiger partial charge is 0.228 e. The first-order chi connectivity index (χ1) is 16.1. The van der Waals surface area contributed by atoms with Crippen molar-refractivity contribution in [1.29, 1.82) is 0 Å². The zero-order valence-electron chi connectivity index (χ0n) is 17.8. The van der Waals surface area contributed by atoms with Gasteiger partial charge in [-0.3, -0.25) is 0 Å². The molecule has 2 aliphatic rings. The summed E-state index contributed by atoms with van der Waals surface area (Å²) in [6.07, 6.45) is -7.57. The lowest BCUT2D eigenvalue weighted by molar-refractivity contribution is -0.293. The molecule has 0 saturated carbocycles. The molecule has 34 heavy (non-hydrogen) atoms. The number of phenols is 4. The van der Waals surface area contributed by atoms with Crippen LogP contribution in [0.1, 0.15) is 17.2 Å². The van der Waals surface area contributed by atoms with Crippen LogP contribution >= 0.6 is 0 Å². The summed E-state index contributed by atoms with van der Waals surface area (Å²) in [6.45, 7) is -0.667. The quantitative estimate of drug-likeness (QED) is 0.263. The number of benzene rings is 2. The monoisotopic (exact) mass is 480 g/mol. The van der Waals surface area contributed by atoms with Gasteiger partial charge >= 0.3 is 0 Å². The van der Waals surface area contributed by atoms with Crippen LogP contribution in [0.5, 0.6) is 34.5 Å². The normalized spacial score (nSPS) is 28.4. The fourth-order valence-electron chi connectivity index (χ4n) is 3.80. The molecule has 1 saturated heterocycles. The molecule has 0 spiro atoms. The number of aromatic hydroxyl groups is 4. The maximum atomic E-state index is 10.4. The van der Waals surface area contributed by atoms with Crippen molar-refractivity contribution >= 4 is 6.08 Å². The molecule has 4 rings (SSSR count). The molecule has 6 atom stereocenters. The van der Waals surface area contributed by atoms with E-state index >= 15 is 0 Å². The van der Waals surface area contributed by atoms with E-state index in [0.29, 0.717) is 5.56 Å². The summed E-state index contributed by atoms with van der Waals surface area (Å²) in [5.41, 5.74) is 0.444. The lowest BCUT2D eigenvalue weighted by Crippen LogP contribution is -2.59. The number of hydrogen-bond donors (Lipinski definition) is 8. The molecule has 1 fully saturated rings. The molecule has 2 aliphatic heterocycles. The predicted molar refractivity (Wildman–Crippen MR) is 112 cm³/mol. The average Bonchev–Trinajstić information content (AvgIpc) is 2.81. The highest BCUT2D eigenvalue weighted by Crippen LogP contribution is 2.47. The standard InChI is InChI=1S/C22H24O12/c1-31-13-4-9(24)5-14-10(13)6-15(21(32-14)8-2-11(25)17(27)12(26)3-8)33-22-20(30)19(29)18(28)16(7-23)34-22/h2-6,16,18-30H,7H2,1H3. The van der Waals surface area contributed by atoms with Crippen LogP contribution in [0.3, 0.4) is 0 Å². The number of aliphatic hydroxyl groups excluding tert-OH is 4. The van der Waals surface area contributed by atoms with Crippen molar-refractivity contribution in [1.82, 2.24) is 0 Å². The number of methoxy groups -OCH3 is 1. The van der Waals surface area contributed by atoms with Gasteiger partial charge in [-0.1, -0.05) is 0 Å². The van der Waals surface area contributed by atoms with E-state index in [1.165, 1.54) is 25.3 Å². The van der Waals surface area contributed by atoms with Crippen molar-refractivity contribution in [2.45, 2.75) is 36.8 Å². The molecule has 0 aromatic heterocycles. The largest absolute Gasteiger partial charge is 0.508 e. The van der Waals surface area contributed by atoms with E-state index in [1.807, 2.05) is 0 Å². The highest BCUT2D eigenvalue weighted by molar-refractivity contribution is 5.70. The highest BCUT2D eigenvalue weighted by atomic mass is 16.7. The second-order valence-corrected chi connectivity index (χ2v) is 7.83. The van der Waals surface area contributed by atoms with Crippen molar-refractivity contribution < 1.29 is 59.8 Å². The number of hydrogen-bond acceptors (Lipinski definition) is 12. The van der Waals surface area contributed by atoms with E-state index in [1.54, 1.807) is 0 Å². The minimum atomic E-state index is -1.72. The SMILES string of the molecule is COc1cc(O)cc2c1C=C(OC1OC(CO)C(O)C(O)C1O)C(c1cc(O)c(O)c(O)c1)O2. The molecule has 12 heteroatoms. The van der Waals surface area contributed by atoms with E-state index in [0.717, 1.165) is 12.1 Å². The predicted octanol–water partition coefficient (Wildman–Crippen LogP) is -0.191. The number of ether oxygens (including phenoxy) is 4. The Labute approximate surface area is 192 Å². The minimum Gasteiger partial charge on any atom is -0.508 e. The van der Waals surface area contributed by atoms with Crippen LogP contribution in [0, 0.1) is 0 Å². The Morgan fingerprint density at radius 2 is 1.59 bits per heavy atom. The van der Waals surface area contributed by atoms with E-state index in [-0.39, 0.29) is 28.6 Å². The Morgan fingerprint density at radius 3 is 2.21 bits per heavy atom. The number of phenolic OH excluding ortho intramolecular Hbond substituents is 4. The van der Waals surface area contributed by atoms with E-state index < -0.39 is 60.7 Å². The molecular weight excluding hydrogens is 456 g/mol. The summed E-state index contributed by atoms with van der Waals surface area (Å²) in [5, 5.41) is 79.6. The van der Waals surface area contributed by atoms with Gasteiger partial charge in [0.15, 0.2) is 23.4 Å². The van der Waals surface area contributed by atoms with Crippen molar-refractivity contribution in [2.75, 3.05) is 13.7 Å². The fourth-order valence-corrected chi connectivity index (χ4v) is 3.80. The summed E-state index contributed by atoms with van der Waals surface area (Å²) in [7, 11) is 1.36. The molecule has 2 aromatic rings.